The van der Waals surface area contributed by atoms with Crippen LogP contribution in [0.25, 0.3) is 0 Å². The van der Waals surface area contributed by atoms with Crippen LogP contribution in [0.4, 0.5) is 5.69 Å². The molecule has 0 heterocycles. The van der Waals surface area contributed by atoms with Crippen molar-refractivity contribution in [2.45, 2.75) is 39.3 Å². The quantitative estimate of drug-likeness (QED) is 0.809. The van der Waals surface area contributed by atoms with Crippen molar-refractivity contribution in [1.82, 2.24) is 5.32 Å². The van der Waals surface area contributed by atoms with E-state index in [2.05, 4.69) is 10.6 Å². The van der Waals surface area contributed by atoms with E-state index in [1.807, 2.05) is 32.0 Å². The van der Waals surface area contributed by atoms with Crippen LogP contribution in [0.3, 0.4) is 0 Å². The summed E-state index contributed by atoms with van der Waals surface area (Å²) in [5.41, 5.74) is 1.18. The first-order valence-corrected chi connectivity index (χ1v) is 8.43. The molecule has 0 aliphatic rings. The summed E-state index contributed by atoms with van der Waals surface area (Å²) < 4.78 is 5.59. The van der Waals surface area contributed by atoms with Crippen LogP contribution in [-0.2, 0) is 4.79 Å². The number of para-hydroxylation sites is 1. The Morgan fingerprint density at radius 2 is 1.64 bits per heavy atom. The summed E-state index contributed by atoms with van der Waals surface area (Å²) in [7, 11) is 0. The molecular weight excluding hydrogens is 316 g/mol. The molecule has 0 bridgehead atoms. The normalized spacial score (nSPS) is 12.8. The highest BCUT2D eigenvalue weighted by molar-refractivity contribution is 5.96. The molecule has 2 amide bonds. The number of nitrogens with one attached hydrogen (secondary N) is 2. The molecule has 2 rings (SSSR count). The van der Waals surface area contributed by atoms with E-state index in [0.29, 0.717) is 17.0 Å². The number of benzene rings is 2. The van der Waals surface area contributed by atoms with Gasteiger partial charge in [0.15, 0.2) is 6.10 Å². The van der Waals surface area contributed by atoms with Gasteiger partial charge in [-0.05, 0) is 56.7 Å². The third kappa shape index (κ3) is 5.64. The van der Waals surface area contributed by atoms with Gasteiger partial charge in [-0.3, -0.25) is 9.59 Å². The Hall–Kier alpha value is -2.82. The van der Waals surface area contributed by atoms with E-state index < -0.39 is 6.10 Å². The number of carbonyl (C=O) groups is 2. The summed E-state index contributed by atoms with van der Waals surface area (Å²) in [6.07, 6.45) is 0.245. The summed E-state index contributed by atoms with van der Waals surface area (Å²) in [6.45, 7) is 5.67. The van der Waals surface area contributed by atoms with E-state index in [1.54, 1.807) is 43.3 Å². The van der Waals surface area contributed by atoms with Gasteiger partial charge < -0.3 is 15.4 Å². The van der Waals surface area contributed by atoms with E-state index in [-0.39, 0.29) is 17.9 Å². The maximum Gasteiger partial charge on any atom is 0.265 e. The third-order valence-electron chi connectivity index (χ3n) is 3.83. The van der Waals surface area contributed by atoms with Gasteiger partial charge in [0.05, 0.1) is 0 Å². The van der Waals surface area contributed by atoms with Gasteiger partial charge in [0.1, 0.15) is 5.75 Å². The first kappa shape index (κ1) is 18.5. The molecule has 25 heavy (non-hydrogen) atoms. The van der Waals surface area contributed by atoms with Gasteiger partial charge in [0, 0.05) is 17.3 Å². The van der Waals surface area contributed by atoms with Crippen LogP contribution in [-0.4, -0.2) is 24.0 Å². The molecule has 0 fully saturated rings. The molecule has 0 aromatic heterocycles. The van der Waals surface area contributed by atoms with Crippen molar-refractivity contribution in [2.24, 2.45) is 0 Å². The summed E-state index contributed by atoms with van der Waals surface area (Å²) >= 11 is 0. The van der Waals surface area contributed by atoms with Crippen molar-refractivity contribution in [1.29, 1.82) is 0 Å². The second kappa shape index (κ2) is 8.87. The van der Waals surface area contributed by atoms with E-state index in [1.165, 1.54) is 0 Å². The number of carbonyl (C=O) groups excluding carboxylic acids is 2. The molecule has 5 nitrogen and oxygen atoms in total. The van der Waals surface area contributed by atoms with Crippen LogP contribution in [0.5, 0.6) is 5.75 Å². The second-order valence-electron chi connectivity index (χ2n) is 5.92. The molecule has 2 aromatic carbocycles. The zero-order valence-corrected chi connectivity index (χ0v) is 14.8. The highest BCUT2D eigenvalue weighted by Gasteiger charge is 2.15. The van der Waals surface area contributed by atoms with Gasteiger partial charge in [0.2, 0.25) is 0 Å². The minimum atomic E-state index is -0.629. The van der Waals surface area contributed by atoms with Crippen molar-refractivity contribution in [3.05, 3.63) is 60.2 Å². The number of amides is 2. The number of anilines is 1. The average molecular weight is 340 g/mol. The van der Waals surface area contributed by atoms with Crippen molar-refractivity contribution in [2.75, 3.05) is 5.32 Å². The second-order valence-corrected chi connectivity index (χ2v) is 5.92. The Balaban J connectivity index is 1.91. The average Bonchev–Trinajstić information content (AvgIpc) is 2.62. The van der Waals surface area contributed by atoms with Crippen LogP contribution in [0.2, 0.25) is 0 Å². The van der Waals surface area contributed by atoms with E-state index >= 15 is 0 Å². The van der Waals surface area contributed by atoms with E-state index in [0.717, 1.165) is 6.42 Å². The first-order chi connectivity index (χ1) is 12.0. The van der Waals surface area contributed by atoms with Crippen LogP contribution in [0.15, 0.2) is 54.6 Å². The fraction of sp³-hybridized carbons (Fsp3) is 0.300. The van der Waals surface area contributed by atoms with Crippen LogP contribution < -0.4 is 15.4 Å². The SMILES string of the molecule is CCC(C)NC(=O)c1ccc(NC(=O)C(C)Oc2ccccc2)cc1. The monoisotopic (exact) mass is 340 g/mol. The van der Waals surface area contributed by atoms with Crippen molar-refractivity contribution in [3.63, 3.8) is 0 Å². The van der Waals surface area contributed by atoms with E-state index in [4.69, 9.17) is 4.74 Å². The Labute approximate surface area is 148 Å². The van der Waals surface area contributed by atoms with Crippen molar-refractivity contribution < 1.29 is 14.3 Å². The third-order valence-corrected chi connectivity index (χ3v) is 3.83. The van der Waals surface area contributed by atoms with E-state index in [9.17, 15) is 9.59 Å². The van der Waals surface area contributed by atoms with Crippen molar-refractivity contribution in [3.8, 4) is 5.75 Å². The van der Waals surface area contributed by atoms with Crippen molar-refractivity contribution >= 4 is 17.5 Å². The summed E-state index contributed by atoms with van der Waals surface area (Å²) in [6, 6.07) is 16.1. The zero-order chi connectivity index (χ0) is 18.2. The smallest absolute Gasteiger partial charge is 0.265 e. The highest BCUT2D eigenvalue weighted by Crippen LogP contribution is 2.14. The molecule has 0 spiro atoms. The van der Waals surface area contributed by atoms with Gasteiger partial charge in [-0.1, -0.05) is 25.1 Å². The zero-order valence-electron chi connectivity index (χ0n) is 14.8. The Bertz CT molecular complexity index is 699. The first-order valence-electron chi connectivity index (χ1n) is 8.43. The predicted octanol–water partition coefficient (Wildman–Crippen LogP) is 3.62. The summed E-state index contributed by atoms with van der Waals surface area (Å²) in [5, 5.41) is 5.69. The van der Waals surface area contributed by atoms with Crippen LogP contribution in [0, 0.1) is 0 Å². The van der Waals surface area contributed by atoms with Gasteiger partial charge in [-0.15, -0.1) is 0 Å². The lowest BCUT2D eigenvalue weighted by Crippen LogP contribution is -2.32. The van der Waals surface area contributed by atoms with Crippen LogP contribution >= 0.6 is 0 Å². The molecule has 2 unspecified atom stereocenters. The maximum absolute atomic E-state index is 12.2. The molecular formula is C20H24N2O3. The van der Waals surface area contributed by atoms with Gasteiger partial charge in [0.25, 0.3) is 11.8 Å². The molecule has 2 aromatic rings. The Morgan fingerprint density at radius 1 is 1.00 bits per heavy atom. The summed E-state index contributed by atoms with van der Waals surface area (Å²) in [4.78, 5) is 24.2. The van der Waals surface area contributed by atoms with Gasteiger partial charge in [-0.2, -0.15) is 0 Å². The standard InChI is InChI=1S/C20H24N2O3/c1-4-14(2)21-20(24)16-10-12-17(13-11-16)22-19(23)15(3)25-18-8-6-5-7-9-18/h5-15H,4H2,1-3H3,(H,21,24)(H,22,23). The molecule has 0 aliphatic heterocycles. The molecule has 5 heteroatoms. The Morgan fingerprint density at radius 3 is 2.24 bits per heavy atom. The van der Waals surface area contributed by atoms with Crippen LogP contribution in [0.1, 0.15) is 37.6 Å². The number of hydrogen-bond acceptors (Lipinski definition) is 3. The fourth-order valence-electron chi connectivity index (χ4n) is 2.11. The minimum Gasteiger partial charge on any atom is -0.481 e. The molecule has 0 radical (unpaired) electrons. The fourth-order valence-corrected chi connectivity index (χ4v) is 2.11. The topological polar surface area (TPSA) is 67.4 Å². The molecule has 2 N–H and O–H groups in total. The number of ether oxygens (including phenoxy) is 1. The Kier molecular flexibility index (Phi) is 6.57. The van der Waals surface area contributed by atoms with Gasteiger partial charge in [-0.25, -0.2) is 0 Å². The molecule has 0 saturated heterocycles. The largest absolute Gasteiger partial charge is 0.481 e. The lowest BCUT2D eigenvalue weighted by molar-refractivity contribution is -0.122. The number of rotatable bonds is 7. The molecule has 0 aliphatic carbocycles. The molecule has 2 atom stereocenters. The minimum absolute atomic E-state index is 0.118. The summed E-state index contributed by atoms with van der Waals surface area (Å²) in [5.74, 6) is 0.274. The predicted molar refractivity (Wildman–Crippen MR) is 98.8 cm³/mol. The highest BCUT2D eigenvalue weighted by atomic mass is 16.5. The molecule has 0 saturated carbocycles. The number of hydrogen-bond donors (Lipinski definition) is 2. The lowest BCUT2D eigenvalue weighted by atomic mass is 10.1. The molecule has 132 valence electrons. The van der Waals surface area contributed by atoms with Gasteiger partial charge >= 0.3 is 0 Å². The lowest BCUT2D eigenvalue weighted by Gasteiger charge is -2.15. The maximum atomic E-state index is 12.2.